The van der Waals surface area contributed by atoms with Gasteiger partial charge in [-0.15, -0.1) is 0 Å². The van der Waals surface area contributed by atoms with Crippen LogP contribution < -0.4 is 0 Å². The number of aromatic nitrogens is 1. The quantitative estimate of drug-likeness (QED) is 0.799. The molecule has 0 N–H and O–H groups in total. The first kappa shape index (κ1) is 16.6. The number of rotatable bonds is 3. The molecule has 1 fully saturated rings. The van der Waals surface area contributed by atoms with E-state index in [2.05, 4.69) is 4.98 Å². The lowest BCUT2D eigenvalue weighted by Gasteiger charge is -2.32. The maximum atomic E-state index is 13.6. The lowest BCUT2D eigenvalue weighted by molar-refractivity contribution is -0.149. The molecule has 1 aliphatic rings. The molecule has 0 spiro atoms. The lowest BCUT2D eigenvalue weighted by Crippen LogP contribution is -2.38. The average Bonchev–Trinajstić information content (AvgIpc) is 2.44. The van der Waals surface area contributed by atoms with Gasteiger partial charge in [-0.1, -0.05) is 0 Å². The molecule has 1 amide bonds. The van der Waals surface area contributed by atoms with Gasteiger partial charge >= 0.3 is 6.18 Å². The van der Waals surface area contributed by atoms with Crippen LogP contribution in [0.5, 0.6) is 0 Å². The van der Waals surface area contributed by atoms with Gasteiger partial charge in [-0.25, -0.2) is 8.78 Å². The third kappa shape index (κ3) is 4.38. The summed E-state index contributed by atoms with van der Waals surface area (Å²) in [6.45, 7) is 0.500. The zero-order valence-electron chi connectivity index (χ0n) is 11.7. The molecular weight excluding hydrogens is 307 g/mol. The number of carbonyl (C=O) groups excluding carboxylic acids is 1. The molecule has 0 aliphatic carbocycles. The van der Waals surface area contributed by atoms with Crippen molar-refractivity contribution >= 4 is 5.91 Å². The van der Waals surface area contributed by atoms with Crippen molar-refractivity contribution in [3.05, 3.63) is 29.6 Å². The molecule has 122 valence electrons. The molecule has 1 aromatic heterocycles. The Morgan fingerprint density at radius 1 is 1.27 bits per heavy atom. The summed E-state index contributed by atoms with van der Waals surface area (Å²) in [5.41, 5.74) is 0.142. The van der Waals surface area contributed by atoms with E-state index in [9.17, 15) is 26.7 Å². The van der Waals surface area contributed by atoms with Crippen LogP contribution in [0.4, 0.5) is 22.0 Å². The molecule has 22 heavy (non-hydrogen) atoms. The first-order valence-corrected chi connectivity index (χ1v) is 6.92. The molecule has 8 heteroatoms. The van der Waals surface area contributed by atoms with E-state index < -0.39 is 36.6 Å². The van der Waals surface area contributed by atoms with E-state index in [4.69, 9.17) is 0 Å². The van der Waals surface area contributed by atoms with E-state index in [0.717, 1.165) is 12.3 Å². The normalized spacial score (nSPS) is 16.9. The van der Waals surface area contributed by atoms with E-state index in [1.807, 2.05) is 0 Å². The molecule has 3 nitrogen and oxygen atoms in total. The number of hydrogen-bond acceptors (Lipinski definition) is 2. The highest BCUT2D eigenvalue weighted by Gasteiger charge is 2.31. The number of amides is 1. The van der Waals surface area contributed by atoms with Crippen LogP contribution in [0.25, 0.3) is 0 Å². The molecule has 1 aliphatic heterocycles. The topological polar surface area (TPSA) is 33.2 Å². The van der Waals surface area contributed by atoms with Gasteiger partial charge in [0.2, 0.25) is 5.91 Å². The number of alkyl halides is 3. The third-order valence-electron chi connectivity index (χ3n) is 3.69. The fourth-order valence-electron chi connectivity index (χ4n) is 2.53. The Morgan fingerprint density at radius 3 is 2.45 bits per heavy atom. The Bertz CT molecular complexity index is 539. The summed E-state index contributed by atoms with van der Waals surface area (Å²) < 4.78 is 62.7. The van der Waals surface area contributed by atoms with Crippen LogP contribution in [0, 0.1) is 11.6 Å². The fraction of sp³-hybridized carbons (Fsp3) is 0.571. The summed E-state index contributed by atoms with van der Waals surface area (Å²) in [4.78, 5) is 16.8. The van der Waals surface area contributed by atoms with Gasteiger partial charge in [0, 0.05) is 31.5 Å². The van der Waals surface area contributed by atoms with E-state index in [-0.39, 0.29) is 24.7 Å². The SMILES string of the molecule is O=C(CCC(F)(F)F)N1CCC(c2ncc(F)cc2F)CC1. The number of halogens is 5. The number of piperidine rings is 1. The monoisotopic (exact) mass is 322 g/mol. The second-order valence-corrected chi connectivity index (χ2v) is 5.29. The van der Waals surface area contributed by atoms with Gasteiger partial charge in [0.1, 0.15) is 11.6 Å². The van der Waals surface area contributed by atoms with Crippen molar-refractivity contribution in [2.24, 2.45) is 0 Å². The average molecular weight is 322 g/mol. The number of likely N-dealkylation sites (tertiary alicyclic amines) is 1. The largest absolute Gasteiger partial charge is 0.389 e. The highest BCUT2D eigenvalue weighted by atomic mass is 19.4. The highest BCUT2D eigenvalue weighted by molar-refractivity contribution is 5.76. The second kappa shape index (κ2) is 6.58. The van der Waals surface area contributed by atoms with Crippen molar-refractivity contribution in [1.29, 1.82) is 0 Å². The van der Waals surface area contributed by atoms with Gasteiger partial charge in [0.05, 0.1) is 18.3 Å². The van der Waals surface area contributed by atoms with Crippen LogP contribution in [0.2, 0.25) is 0 Å². The molecule has 0 saturated carbocycles. The smallest absolute Gasteiger partial charge is 0.343 e. The summed E-state index contributed by atoms with van der Waals surface area (Å²) in [6.07, 6.45) is -4.34. The Morgan fingerprint density at radius 2 is 1.91 bits per heavy atom. The maximum absolute atomic E-state index is 13.6. The van der Waals surface area contributed by atoms with Crippen molar-refractivity contribution in [2.45, 2.75) is 37.8 Å². The van der Waals surface area contributed by atoms with Gasteiger partial charge in [0.25, 0.3) is 0 Å². The van der Waals surface area contributed by atoms with E-state index >= 15 is 0 Å². The van der Waals surface area contributed by atoms with Gasteiger partial charge < -0.3 is 4.90 Å². The minimum Gasteiger partial charge on any atom is -0.343 e. The second-order valence-electron chi connectivity index (χ2n) is 5.29. The van der Waals surface area contributed by atoms with E-state index in [1.165, 1.54) is 4.90 Å². The minimum absolute atomic E-state index is 0.142. The van der Waals surface area contributed by atoms with Crippen molar-refractivity contribution in [1.82, 2.24) is 9.88 Å². The molecule has 2 heterocycles. The number of carbonyl (C=O) groups is 1. The van der Waals surface area contributed by atoms with Gasteiger partial charge in [0.15, 0.2) is 0 Å². The first-order valence-electron chi connectivity index (χ1n) is 6.92. The molecule has 0 aromatic carbocycles. The van der Waals surface area contributed by atoms with Gasteiger partial charge in [-0.05, 0) is 12.8 Å². The molecule has 0 atom stereocenters. The van der Waals surface area contributed by atoms with Crippen molar-refractivity contribution in [3.8, 4) is 0 Å². The summed E-state index contributed by atoms with van der Waals surface area (Å²) in [6, 6.07) is 0.753. The predicted molar refractivity (Wildman–Crippen MR) is 68.0 cm³/mol. The molecular formula is C14H15F5N2O. The van der Waals surface area contributed by atoms with Crippen LogP contribution >= 0.6 is 0 Å². The summed E-state index contributed by atoms with van der Waals surface area (Å²) >= 11 is 0. The predicted octanol–water partition coefficient (Wildman–Crippen LogP) is 3.41. The number of nitrogens with zero attached hydrogens (tertiary/aromatic N) is 2. The highest BCUT2D eigenvalue weighted by Crippen LogP contribution is 2.29. The number of hydrogen-bond donors (Lipinski definition) is 0. The molecule has 0 radical (unpaired) electrons. The summed E-state index contributed by atoms with van der Waals surface area (Å²) in [5.74, 6) is -2.31. The molecule has 0 unspecified atom stereocenters. The first-order chi connectivity index (χ1) is 10.3. The van der Waals surface area contributed by atoms with Crippen LogP contribution in [0.3, 0.4) is 0 Å². The number of pyridine rings is 1. The minimum atomic E-state index is -4.35. The van der Waals surface area contributed by atoms with Crippen LogP contribution in [0.15, 0.2) is 12.3 Å². The van der Waals surface area contributed by atoms with E-state index in [1.54, 1.807) is 0 Å². The van der Waals surface area contributed by atoms with Crippen molar-refractivity contribution in [2.75, 3.05) is 13.1 Å². The Hall–Kier alpha value is -1.73. The molecule has 1 saturated heterocycles. The maximum Gasteiger partial charge on any atom is 0.389 e. The summed E-state index contributed by atoms with van der Waals surface area (Å²) in [5, 5.41) is 0. The molecule has 0 bridgehead atoms. The van der Waals surface area contributed by atoms with E-state index in [0.29, 0.717) is 12.8 Å². The van der Waals surface area contributed by atoms with Crippen LogP contribution in [-0.4, -0.2) is 35.1 Å². The Labute approximate surface area is 124 Å². The zero-order chi connectivity index (χ0) is 16.3. The molecule has 1 aromatic rings. The summed E-state index contributed by atoms with van der Waals surface area (Å²) in [7, 11) is 0. The van der Waals surface area contributed by atoms with Crippen molar-refractivity contribution in [3.63, 3.8) is 0 Å². The molecule has 2 rings (SSSR count). The van der Waals surface area contributed by atoms with Crippen LogP contribution in [0.1, 0.15) is 37.3 Å². The third-order valence-corrected chi connectivity index (χ3v) is 3.69. The van der Waals surface area contributed by atoms with Gasteiger partial charge in [-0.2, -0.15) is 13.2 Å². The Kier molecular flexibility index (Phi) is 4.97. The zero-order valence-corrected chi connectivity index (χ0v) is 11.7. The van der Waals surface area contributed by atoms with Crippen LogP contribution in [-0.2, 0) is 4.79 Å². The van der Waals surface area contributed by atoms with Crippen molar-refractivity contribution < 1.29 is 26.7 Å². The Balaban J connectivity index is 1.89. The lowest BCUT2D eigenvalue weighted by atomic mass is 9.92. The standard InChI is InChI=1S/C14H15F5N2O/c15-10-7-11(16)13(20-8-10)9-2-5-21(6-3-9)12(22)1-4-14(17,18)19/h7-9H,1-6H2. The van der Waals surface area contributed by atoms with Gasteiger partial charge in [-0.3, -0.25) is 9.78 Å². The fourth-order valence-corrected chi connectivity index (χ4v) is 2.53.